The second kappa shape index (κ2) is 6.49. The fraction of sp³-hybridized carbons (Fsp3) is 0.0833. The number of aromatic carboxylic acids is 1. The quantitative estimate of drug-likeness (QED) is 0.786. The lowest BCUT2D eigenvalue weighted by Gasteiger charge is -2.09. The van der Waals surface area contributed by atoms with Crippen LogP contribution in [0.25, 0.3) is 0 Å². The van der Waals surface area contributed by atoms with Gasteiger partial charge in [0.15, 0.2) is 0 Å². The number of benzene rings is 1. The van der Waals surface area contributed by atoms with Crippen molar-refractivity contribution < 1.29 is 14.7 Å². The largest absolute Gasteiger partial charge is 0.478 e. The summed E-state index contributed by atoms with van der Waals surface area (Å²) in [6.07, 6.45) is 1.68. The molecule has 0 spiro atoms. The number of carbonyl (C=O) groups is 2. The number of carbonyl (C=O) groups excluding carboxylic acids is 1. The van der Waals surface area contributed by atoms with E-state index < -0.39 is 5.97 Å². The average Bonchev–Trinajstić information content (AvgIpc) is 2.91. The molecule has 8 heteroatoms. The summed E-state index contributed by atoms with van der Waals surface area (Å²) in [6.45, 7) is 0.390. The van der Waals surface area contributed by atoms with Crippen LogP contribution in [-0.4, -0.2) is 22.1 Å². The monoisotopic (exact) mass is 355 g/mol. The number of amides is 2. The number of urea groups is 1. The Bertz CT molecular complexity index is 631. The lowest BCUT2D eigenvalue weighted by Crippen LogP contribution is -2.28. The predicted molar refractivity (Wildman–Crippen MR) is 79.1 cm³/mol. The molecule has 20 heavy (non-hydrogen) atoms. The third-order valence-electron chi connectivity index (χ3n) is 2.37. The summed E-state index contributed by atoms with van der Waals surface area (Å²) in [6, 6.07) is 4.01. The molecule has 2 amide bonds. The summed E-state index contributed by atoms with van der Waals surface area (Å²) in [5.41, 5.74) is 2.33. The topological polar surface area (TPSA) is 91.3 Å². The second-order valence-electron chi connectivity index (χ2n) is 3.78. The van der Waals surface area contributed by atoms with E-state index in [-0.39, 0.29) is 11.6 Å². The van der Waals surface area contributed by atoms with Crippen LogP contribution in [0.3, 0.4) is 0 Å². The van der Waals surface area contributed by atoms with Crippen molar-refractivity contribution in [3.63, 3.8) is 0 Å². The first-order valence-electron chi connectivity index (χ1n) is 5.51. The van der Waals surface area contributed by atoms with Crippen molar-refractivity contribution in [1.82, 2.24) is 10.3 Å². The number of hydrogen-bond donors (Lipinski definition) is 3. The highest BCUT2D eigenvalue weighted by Gasteiger charge is 2.09. The van der Waals surface area contributed by atoms with Crippen molar-refractivity contribution in [2.45, 2.75) is 6.54 Å². The highest BCUT2D eigenvalue weighted by atomic mass is 79.9. The molecule has 2 aromatic rings. The molecule has 0 atom stereocenters. The van der Waals surface area contributed by atoms with Crippen LogP contribution in [0.4, 0.5) is 10.5 Å². The number of halogens is 1. The predicted octanol–water partition coefficient (Wildman–Crippen LogP) is 2.93. The van der Waals surface area contributed by atoms with Crippen LogP contribution in [0.1, 0.15) is 15.2 Å². The molecule has 0 fully saturated rings. The maximum atomic E-state index is 11.7. The van der Waals surface area contributed by atoms with Crippen LogP contribution in [0.15, 0.2) is 34.4 Å². The van der Waals surface area contributed by atoms with Gasteiger partial charge in [0.05, 0.1) is 23.3 Å². The van der Waals surface area contributed by atoms with Gasteiger partial charge in [-0.15, -0.1) is 11.3 Å². The van der Waals surface area contributed by atoms with Crippen LogP contribution in [0, 0.1) is 0 Å². The van der Waals surface area contributed by atoms with E-state index in [0.717, 1.165) is 4.88 Å². The number of carboxylic acid groups (broad SMARTS) is 1. The van der Waals surface area contributed by atoms with Gasteiger partial charge in [-0.3, -0.25) is 4.98 Å². The number of thiazole rings is 1. The van der Waals surface area contributed by atoms with Crippen molar-refractivity contribution in [3.8, 4) is 0 Å². The van der Waals surface area contributed by atoms with Crippen molar-refractivity contribution in [1.29, 1.82) is 0 Å². The molecule has 0 bridgehead atoms. The molecule has 1 aromatic heterocycles. The molecule has 0 aliphatic heterocycles. The van der Waals surface area contributed by atoms with Crippen LogP contribution >= 0.6 is 27.3 Å². The first-order valence-corrected chi connectivity index (χ1v) is 7.18. The number of rotatable bonds is 4. The summed E-state index contributed by atoms with van der Waals surface area (Å²) in [7, 11) is 0. The minimum Gasteiger partial charge on any atom is -0.478 e. The van der Waals surface area contributed by atoms with Gasteiger partial charge < -0.3 is 15.7 Å². The molecule has 104 valence electrons. The van der Waals surface area contributed by atoms with E-state index in [0.29, 0.717) is 16.7 Å². The minimum atomic E-state index is -1.02. The molecule has 0 aliphatic carbocycles. The highest BCUT2D eigenvalue weighted by molar-refractivity contribution is 9.10. The van der Waals surface area contributed by atoms with E-state index in [2.05, 4.69) is 31.5 Å². The standard InChI is InChI=1S/C12H10BrN3O3S/c13-9-3-7(11(17)18)1-2-10(9)16-12(19)15-5-8-4-14-6-20-8/h1-4,6H,5H2,(H,17,18)(H2,15,16,19). The molecular weight excluding hydrogens is 346 g/mol. The molecule has 0 radical (unpaired) electrons. The fourth-order valence-electron chi connectivity index (χ4n) is 1.41. The Morgan fingerprint density at radius 1 is 1.40 bits per heavy atom. The van der Waals surface area contributed by atoms with E-state index in [1.165, 1.54) is 29.5 Å². The van der Waals surface area contributed by atoms with Crippen LogP contribution < -0.4 is 10.6 Å². The number of carboxylic acids is 1. The van der Waals surface area contributed by atoms with Crippen molar-refractivity contribution in [3.05, 3.63) is 44.8 Å². The maximum absolute atomic E-state index is 11.7. The van der Waals surface area contributed by atoms with Crippen molar-refractivity contribution in [2.24, 2.45) is 0 Å². The SMILES string of the molecule is O=C(NCc1cncs1)Nc1ccc(C(=O)O)cc1Br. The highest BCUT2D eigenvalue weighted by Crippen LogP contribution is 2.23. The average molecular weight is 356 g/mol. The molecule has 2 rings (SSSR count). The van der Waals surface area contributed by atoms with Gasteiger partial charge in [-0.2, -0.15) is 0 Å². The molecule has 1 aromatic carbocycles. The molecule has 0 saturated heterocycles. The fourth-order valence-corrected chi connectivity index (χ4v) is 2.43. The number of aromatic nitrogens is 1. The Morgan fingerprint density at radius 2 is 2.20 bits per heavy atom. The zero-order valence-corrected chi connectivity index (χ0v) is 12.5. The Morgan fingerprint density at radius 3 is 2.80 bits per heavy atom. The third kappa shape index (κ3) is 3.78. The lowest BCUT2D eigenvalue weighted by molar-refractivity contribution is 0.0697. The Kier molecular flexibility index (Phi) is 4.70. The summed E-state index contributed by atoms with van der Waals surface area (Å²) in [5.74, 6) is -1.02. The Labute approximate surface area is 127 Å². The van der Waals surface area contributed by atoms with Crippen LogP contribution in [0.5, 0.6) is 0 Å². The first-order chi connectivity index (χ1) is 9.56. The smallest absolute Gasteiger partial charge is 0.335 e. The minimum absolute atomic E-state index is 0.146. The molecule has 0 saturated carbocycles. The van der Waals surface area contributed by atoms with Crippen LogP contribution in [0.2, 0.25) is 0 Å². The van der Waals surface area contributed by atoms with E-state index in [4.69, 9.17) is 5.11 Å². The zero-order chi connectivity index (χ0) is 14.5. The Hall–Kier alpha value is -1.93. The molecule has 6 nitrogen and oxygen atoms in total. The van der Waals surface area contributed by atoms with Crippen molar-refractivity contribution in [2.75, 3.05) is 5.32 Å². The van der Waals surface area contributed by atoms with Gasteiger partial charge in [-0.05, 0) is 34.1 Å². The Balaban J connectivity index is 1.95. The van der Waals surface area contributed by atoms with Crippen LogP contribution in [-0.2, 0) is 6.54 Å². The van der Waals surface area contributed by atoms with Gasteiger partial charge in [-0.1, -0.05) is 0 Å². The van der Waals surface area contributed by atoms with E-state index >= 15 is 0 Å². The maximum Gasteiger partial charge on any atom is 0.335 e. The molecule has 0 aliphatic rings. The van der Waals surface area contributed by atoms with Gasteiger partial charge >= 0.3 is 12.0 Å². The molecular formula is C12H10BrN3O3S. The zero-order valence-electron chi connectivity index (χ0n) is 10.1. The lowest BCUT2D eigenvalue weighted by atomic mass is 10.2. The van der Waals surface area contributed by atoms with Gasteiger partial charge in [0.2, 0.25) is 0 Å². The van der Waals surface area contributed by atoms with E-state index in [9.17, 15) is 9.59 Å². The van der Waals surface area contributed by atoms with E-state index in [1.54, 1.807) is 11.7 Å². The first kappa shape index (κ1) is 14.5. The molecule has 3 N–H and O–H groups in total. The van der Waals surface area contributed by atoms with Gasteiger partial charge in [0.1, 0.15) is 0 Å². The number of nitrogens with zero attached hydrogens (tertiary/aromatic N) is 1. The normalized spacial score (nSPS) is 10.1. The summed E-state index contributed by atoms with van der Waals surface area (Å²) >= 11 is 4.67. The third-order valence-corrected chi connectivity index (χ3v) is 3.81. The number of hydrogen-bond acceptors (Lipinski definition) is 4. The van der Waals surface area contributed by atoms with Gasteiger partial charge in [0.25, 0.3) is 0 Å². The molecule has 0 unspecified atom stereocenters. The second-order valence-corrected chi connectivity index (χ2v) is 5.60. The summed E-state index contributed by atoms with van der Waals surface area (Å²) in [4.78, 5) is 27.4. The summed E-state index contributed by atoms with van der Waals surface area (Å²) < 4.78 is 0.505. The van der Waals surface area contributed by atoms with Gasteiger partial charge in [-0.25, -0.2) is 9.59 Å². The van der Waals surface area contributed by atoms with Crippen molar-refractivity contribution >= 4 is 45.0 Å². The number of nitrogens with one attached hydrogen (secondary N) is 2. The summed E-state index contributed by atoms with van der Waals surface area (Å²) in [5, 5.41) is 14.2. The number of anilines is 1. The molecule has 1 heterocycles. The van der Waals surface area contributed by atoms with E-state index in [1.807, 2.05) is 0 Å². The van der Waals surface area contributed by atoms with Gasteiger partial charge in [0, 0.05) is 15.5 Å².